The van der Waals surface area contributed by atoms with E-state index in [1.165, 1.54) is 0 Å². The minimum Gasteiger partial charge on any atom is -0.454 e. The van der Waals surface area contributed by atoms with Crippen molar-refractivity contribution in [2.24, 2.45) is 0 Å². The van der Waals surface area contributed by atoms with E-state index in [0.29, 0.717) is 5.08 Å². The van der Waals surface area contributed by atoms with Crippen molar-refractivity contribution in [3.63, 3.8) is 0 Å². The van der Waals surface area contributed by atoms with Gasteiger partial charge in [-0.3, -0.25) is 4.18 Å². The van der Waals surface area contributed by atoms with Crippen molar-refractivity contribution in [3.05, 3.63) is 0 Å². The van der Waals surface area contributed by atoms with Gasteiger partial charge in [-0.05, 0) is 0 Å². The van der Waals surface area contributed by atoms with Crippen molar-refractivity contribution < 1.29 is 31.1 Å². The maximum atomic E-state index is 11.7. The molecule has 1 heterocycles. The van der Waals surface area contributed by atoms with Crippen molar-refractivity contribution >= 4 is 30.1 Å². The quantitative estimate of drug-likeness (QED) is 0.559. The lowest BCUT2D eigenvalue weighted by molar-refractivity contribution is -0.191. The summed E-state index contributed by atoms with van der Waals surface area (Å²) in [6, 6.07) is 0. The third kappa shape index (κ3) is 5.50. The lowest BCUT2D eigenvalue weighted by Crippen LogP contribution is -2.31. The summed E-state index contributed by atoms with van der Waals surface area (Å²) in [5.74, 6) is -1.07. The lowest BCUT2D eigenvalue weighted by atomic mass is 10.4. The maximum absolute atomic E-state index is 11.7. The van der Waals surface area contributed by atoms with Crippen LogP contribution in [0.3, 0.4) is 0 Å². The zero-order valence-corrected chi connectivity index (χ0v) is 8.92. The van der Waals surface area contributed by atoms with E-state index in [-0.39, 0.29) is 6.61 Å². The maximum Gasteiger partial charge on any atom is 0.422 e. The van der Waals surface area contributed by atoms with Gasteiger partial charge in [-0.25, -0.2) is 4.79 Å². The van der Waals surface area contributed by atoms with E-state index in [0.717, 1.165) is 24.1 Å². The molecule has 1 atom stereocenters. The zero-order valence-electron chi connectivity index (χ0n) is 7.28. The van der Waals surface area contributed by atoms with Crippen molar-refractivity contribution in [3.8, 4) is 0 Å². The number of carbonyl (C=O) groups is 1. The molecule has 1 fully saturated rings. The molecule has 0 N–H and O–H groups in total. The molecule has 0 aromatic rings. The molecule has 9 heteroatoms. The molecule has 1 rings (SSSR count). The van der Waals surface area contributed by atoms with E-state index in [2.05, 4.69) is 4.74 Å². The van der Waals surface area contributed by atoms with E-state index >= 15 is 0 Å². The Morgan fingerprint density at radius 1 is 1.47 bits per heavy atom. The Morgan fingerprint density at radius 3 is 2.87 bits per heavy atom. The number of rotatable bonds is 2. The van der Waals surface area contributed by atoms with Crippen LogP contribution in [0.5, 0.6) is 0 Å². The third-order valence-electron chi connectivity index (χ3n) is 1.22. The Balaban J connectivity index is 2.32. The molecular weight excluding hydrogens is 257 g/mol. The predicted octanol–water partition coefficient (Wildman–Crippen LogP) is 1.76. The summed E-state index contributed by atoms with van der Waals surface area (Å²) in [4.78, 5) is 11.0. The second-order valence-corrected chi connectivity index (χ2v) is 4.29. The molecule has 0 aromatic heterocycles. The SMILES string of the molecule is O=C(OCC(F)(F)F)C1COSCSO1. The molecule has 0 aliphatic carbocycles. The lowest BCUT2D eigenvalue weighted by Gasteiger charge is -2.13. The molecule has 0 aromatic carbocycles. The number of hydrogen-bond acceptors (Lipinski definition) is 6. The van der Waals surface area contributed by atoms with Crippen LogP contribution < -0.4 is 0 Å². The number of carbonyl (C=O) groups excluding carboxylic acids is 1. The van der Waals surface area contributed by atoms with Crippen molar-refractivity contribution in [2.75, 3.05) is 18.3 Å². The van der Waals surface area contributed by atoms with Crippen molar-refractivity contribution in [1.29, 1.82) is 0 Å². The first-order valence-electron chi connectivity index (χ1n) is 3.75. The summed E-state index contributed by atoms with van der Waals surface area (Å²) in [6.07, 6.45) is -5.63. The second kappa shape index (κ2) is 5.83. The molecule has 1 aliphatic heterocycles. The Hall–Kier alpha value is -0.120. The summed E-state index contributed by atoms with van der Waals surface area (Å²) >= 11 is 2.01. The summed E-state index contributed by atoms with van der Waals surface area (Å²) in [5.41, 5.74) is 0. The molecule has 88 valence electrons. The smallest absolute Gasteiger partial charge is 0.422 e. The van der Waals surface area contributed by atoms with Crippen LogP contribution in [0.2, 0.25) is 0 Å². The summed E-state index contributed by atoms with van der Waals surface area (Å²) in [7, 11) is 0. The molecule has 0 bridgehead atoms. The predicted molar refractivity (Wildman–Crippen MR) is 47.9 cm³/mol. The summed E-state index contributed by atoms with van der Waals surface area (Å²) in [6.45, 7) is -1.72. The minimum absolute atomic E-state index is 0.117. The van der Waals surface area contributed by atoms with E-state index in [1.54, 1.807) is 0 Å². The average Bonchev–Trinajstić information content (AvgIpc) is 2.41. The van der Waals surface area contributed by atoms with E-state index in [4.69, 9.17) is 8.37 Å². The molecule has 0 saturated carbocycles. The largest absolute Gasteiger partial charge is 0.454 e. The third-order valence-corrected chi connectivity index (χ3v) is 2.67. The zero-order chi connectivity index (χ0) is 11.3. The van der Waals surface area contributed by atoms with Gasteiger partial charge in [0, 0.05) is 24.1 Å². The molecule has 15 heavy (non-hydrogen) atoms. The van der Waals surface area contributed by atoms with Gasteiger partial charge < -0.3 is 8.92 Å². The van der Waals surface area contributed by atoms with Crippen LogP contribution in [0.1, 0.15) is 0 Å². The van der Waals surface area contributed by atoms with Gasteiger partial charge in [0.2, 0.25) is 0 Å². The fourth-order valence-corrected chi connectivity index (χ4v) is 1.82. The Morgan fingerprint density at radius 2 is 2.20 bits per heavy atom. The fourth-order valence-electron chi connectivity index (χ4n) is 0.654. The van der Waals surface area contributed by atoms with Crippen LogP contribution in [0, 0.1) is 0 Å². The topological polar surface area (TPSA) is 44.8 Å². The van der Waals surface area contributed by atoms with Gasteiger partial charge in [-0.1, -0.05) is 0 Å². The highest BCUT2D eigenvalue weighted by Gasteiger charge is 2.32. The molecule has 4 nitrogen and oxygen atoms in total. The minimum atomic E-state index is -4.52. The Kier molecular flexibility index (Phi) is 5.03. The summed E-state index contributed by atoms with van der Waals surface area (Å²) < 4.78 is 48.8. The number of ether oxygens (including phenoxy) is 1. The first-order chi connectivity index (χ1) is 6.99. The molecule has 1 aliphatic rings. The molecule has 1 saturated heterocycles. The number of alkyl halides is 3. The monoisotopic (exact) mass is 264 g/mol. The van der Waals surface area contributed by atoms with Gasteiger partial charge in [0.1, 0.15) is 0 Å². The average molecular weight is 264 g/mol. The van der Waals surface area contributed by atoms with Crippen LogP contribution >= 0.6 is 24.1 Å². The number of esters is 1. The van der Waals surface area contributed by atoms with Crippen molar-refractivity contribution in [1.82, 2.24) is 0 Å². The van der Waals surface area contributed by atoms with Gasteiger partial charge in [-0.2, -0.15) is 13.2 Å². The Bertz CT molecular complexity index is 215. The van der Waals surface area contributed by atoms with E-state index in [9.17, 15) is 18.0 Å². The van der Waals surface area contributed by atoms with E-state index < -0.39 is 24.9 Å². The highest BCUT2D eigenvalue weighted by atomic mass is 32.2. The van der Waals surface area contributed by atoms with Gasteiger partial charge in [0.15, 0.2) is 12.7 Å². The van der Waals surface area contributed by atoms with Crippen LogP contribution in [0.15, 0.2) is 0 Å². The highest BCUT2D eigenvalue weighted by molar-refractivity contribution is 8.11. The van der Waals surface area contributed by atoms with Crippen LogP contribution in [0.25, 0.3) is 0 Å². The first-order valence-corrected chi connectivity index (χ1v) is 5.57. The molecule has 0 amide bonds. The number of halogens is 3. The van der Waals surface area contributed by atoms with Crippen molar-refractivity contribution in [2.45, 2.75) is 12.3 Å². The van der Waals surface area contributed by atoms with Crippen LogP contribution in [0.4, 0.5) is 13.2 Å². The van der Waals surface area contributed by atoms with Crippen LogP contribution in [-0.2, 0) is 17.9 Å². The highest BCUT2D eigenvalue weighted by Crippen LogP contribution is 2.23. The van der Waals surface area contributed by atoms with Gasteiger partial charge in [-0.15, -0.1) is 0 Å². The number of hydrogen-bond donors (Lipinski definition) is 0. The normalized spacial score (nSPS) is 23.3. The molecule has 1 unspecified atom stereocenters. The molecule has 0 radical (unpaired) electrons. The van der Waals surface area contributed by atoms with Gasteiger partial charge >= 0.3 is 12.1 Å². The second-order valence-electron chi connectivity index (χ2n) is 2.45. The first kappa shape index (κ1) is 12.9. The standard InChI is InChI=1S/C6H7F3O4S2/c7-6(8,9)2-11-5(10)4-1-12-14-3-15-13-4/h4H,1-3H2. The molecule has 0 spiro atoms. The van der Waals surface area contributed by atoms with Gasteiger partial charge in [0.25, 0.3) is 0 Å². The van der Waals surface area contributed by atoms with E-state index in [1.807, 2.05) is 0 Å². The van der Waals surface area contributed by atoms with Gasteiger partial charge in [0.05, 0.1) is 11.7 Å². The summed E-state index contributed by atoms with van der Waals surface area (Å²) in [5, 5.41) is 0.447. The molecular formula is C6H7F3O4S2. The van der Waals surface area contributed by atoms with Crippen LogP contribution in [-0.4, -0.2) is 36.5 Å². The Labute approximate surface area is 92.2 Å². The fraction of sp³-hybridized carbons (Fsp3) is 0.833.